The first-order chi connectivity index (χ1) is 15.9. The van der Waals surface area contributed by atoms with Crippen molar-refractivity contribution < 1.29 is 12.6 Å². The van der Waals surface area contributed by atoms with Crippen molar-refractivity contribution in [2.45, 2.75) is 88.9 Å². The number of rotatable bonds is 11. The molecule has 0 aliphatic rings. The molecule has 0 aliphatic carbocycles. The zero-order valence-corrected chi connectivity index (χ0v) is 23.4. The van der Waals surface area contributed by atoms with E-state index in [0.29, 0.717) is 4.90 Å². The zero-order valence-electron chi connectivity index (χ0n) is 21.7. The van der Waals surface area contributed by atoms with Gasteiger partial charge in [-0.15, -0.1) is 10.3 Å². The lowest BCUT2D eigenvalue weighted by Gasteiger charge is -2.22. The Kier molecular flexibility index (Phi) is 9.72. The van der Waals surface area contributed by atoms with E-state index in [1.165, 1.54) is 0 Å². The lowest BCUT2D eigenvalue weighted by molar-refractivity contribution is 0.591. The van der Waals surface area contributed by atoms with E-state index in [2.05, 4.69) is 31.1 Å². The molecule has 2 aromatic carbocycles. The molecule has 0 spiro atoms. The van der Waals surface area contributed by atoms with Crippen molar-refractivity contribution in [2.75, 3.05) is 5.75 Å². The van der Waals surface area contributed by atoms with Crippen LogP contribution in [0.4, 0.5) is 0 Å². The highest BCUT2D eigenvalue weighted by Crippen LogP contribution is 2.37. The Morgan fingerprint density at radius 1 is 0.882 bits per heavy atom. The molecule has 0 saturated carbocycles. The van der Waals surface area contributed by atoms with E-state index in [1.54, 1.807) is 30.3 Å². The summed E-state index contributed by atoms with van der Waals surface area (Å²) >= 11 is 0. The van der Waals surface area contributed by atoms with Crippen molar-refractivity contribution in [3.8, 4) is 0 Å². The fourth-order valence-corrected chi connectivity index (χ4v) is 9.11. The Balaban J connectivity index is 2.90. The normalized spacial score (nSPS) is 14.9. The molecule has 0 N–H and O–H groups in total. The molecule has 0 aromatic heterocycles. The molecule has 4 nitrogen and oxygen atoms in total. The van der Waals surface area contributed by atoms with Crippen LogP contribution >= 0.6 is 0 Å². The van der Waals surface area contributed by atoms with Crippen LogP contribution in [0.25, 0.3) is 0 Å². The van der Waals surface area contributed by atoms with Gasteiger partial charge in [0.05, 0.1) is 14.6 Å². The highest BCUT2D eigenvalue weighted by atomic mass is 32.3. The molecule has 0 heterocycles. The maximum atomic E-state index is 14.4. The van der Waals surface area contributed by atoms with Crippen molar-refractivity contribution in [1.29, 1.82) is 0 Å². The molecule has 34 heavy (non-hydrogen) atoms. The maximum absolute atomic E-state index is 14.4. The standard InChI is InChI=1S/C28H41NO3S2/c1-9-14-23(10-2)19-33(30,25-15-12-11-13-16-25)29-34(31,32)28-26(21(5)6)17-24(20(3)4)18-27(28)22(7)8/h10-13,15-18,20-23H,2,9,14,19H2,1,3-8H3/t23-,33+/m1/s1. The van der Waals surface area contributed by atoms with E-state index in [9.17, 15) is 12.6 Å². The lowest BCUT2D eigenvalue weighted by Crippen LogP contribution is -2.18. The topological polar surface area (TPSA) is 63.6 Å². The summed E-state index contributed by atoms with van der Waals surface area (Å²) in [4.78, 5) is 0.661. The average Bonchev–Trinajstić information content (AvgIpc) is 2.77. The monoisotopic (exact) mass is 503 g/mol. The minimum absolute atomic E-state index is 0.0232. The fourth-order valence-electron chi connectivity index (χ4n) is 4.12. The van der Waals surface area contributed by atoms with E-state index in [0.717, 1.165) is 29.5 Å². The van der Waals surface area contributed by atoms with Gasteiger partial charge >= 0.3 is 0 Å². The number of hydrogen-bond donors (Lipinski definition) is 0. The summed E-state index contributed by atoms with van der Waals surface area (Å²) in [6, 6.07) is 12.8. The summed E-state index contributed by atoms with van der Waals surface area (Å²) in [5.41, 5.74) is 2.58. The van der Waals surface area contributed by atoms with Gasteiger partial charge < -0.3 is 0 Å². The quantitative estimate of drug-likeness (QED) is 0.293. The predicted molar refractivity (Wildman–Crippen MR) is 145 cm³/mol. The van der Waals surface area contributed by atoms with E-state index in [-0.39, 0.29) is 34.3 Å². The number of nitrogens with zero attached hydrogens (tertiary/aromatic N) is 1. The van der Waals surface area contributed by atoms with Crippen molar-refractivity contribution in [2.24, 2.45) is 9.69 Å². The third-order valence-corrected chi connectivity index (χ3v) is 10.7. The summed E-state index contributed by atoms with van der Waals surface area (Å²) < 4.78 is 46.6. The second-order valence-corrected chi connectivity index (χ2v) is 14.0. The van der Waals surface area contributed by atoms with Gasteiger partial charge in [0.25, 0.3) is 10.0 Å². The Labute approximate surface area is 208 Å². The van der Waals surface area contributed by atoms with E-state index in [1.807, 2.05) is 45.9 Å². The highest BCUT2D eigenvalue weighted by Gasteiger charge is 2.30. The molecule has 188 valence electrons. The molecule has 0 saturated heterocycles. The molecule has 2 atom stereocenters. The predicted octanol–water partition coefficient (Wildman–Crippen LogP) is 7.87. The van der Waals surface area contributed by atoms with Gasteiger partial charge in [-0.05, 0) is 58.9 Å². The minimum Gasteiger partial charge on any atom is -0.244 e. The van der Waals surface area contributed by atoms with Crippen LogP contribution in [-0.2, 0) is 19.8 Å². The summed E-state index contributed by atoms with van der Waals surface area (Å²) in [6.45, 7) is 18.1. The van der Waals surface area contributed by atoms with Gasteiger partial charge in [-0.2, -0.15) is 8.42 Å². The molecule has 2 aromatic rings. The molecule has 0 radical (unpaired) electrons. The molecule has 0 bridgehead atoms. The smallest absolute Gasteiger partial charge is 0.244 e. The zero-order chi connectivity index (χ0) is 25.7. The molecule has 0 aliphatic heterocycles. The van der Waals surface area contributed by atoms with Gasteiger partial charge in [-0.3, -0.25) is 0 Å². The number of sulfonamides is 1. The summed E-state index contributed by atoms with van der Waals surface area (Å²) in [5.74, 6) is 0.259. The van der Waals surface area contributed by atoms with Crippen LogP contribution in [0.3, 0.4) is 0 Å². The summed E-state index contributed by atoms with van der Waals surface area (Å²) in [7, 11) is -7.47. The first-order valence-electron chi connectivity index (χ1n) is 12.2. The highest BCUT2D eigenvalue weighted by molar-refractivity contribution is 8.03. The van der Waals surface area contributed by atoms with Crippen molar-refractivity contribution in [3.05, 3.63) is 71.8 Å². The van der Waals surface area contributed by atoms with Crippen molar-refractivity contribution in [1.82, 2.24) is 0 Å². The number of allylic oxidation sites excluding steroid dienone is 1. The van der Waals surface area contributed by atoms with Crippen LogP contribution in [-0.4, -0.2) is 18.4 Å². The van der Waals surface area contributed by atoms with Gasteiger partial charge in [0.1, 0.15) is 0 Å². The molecule has 2 rings (SSSR count). The molecular weight excluding hydrogens is 462 g/mol. The lowest BCUT2D eigenvalue weighted by atomic mass is 9.89. The van der Waals surface area contributed by atoms with Crippen LogP contribution in [0.5, 0.6) is 0 Å². The molecule has 0 amide bonds. The van der Waals surface area contributed by atoms with Crippen LogP contribution in [0, 0.1) is 5.92 Å². The van der Waals surface area contributed by atoms with Gasteiger partial charge in [0.15, 0.2) is 0 Å². The van der Waals surface area contributed by atoms with Gasteiger partial charge in [-0.1, -0.05) is 91.3 Å². The molecule has 0 fully saturated rings. The van der Waals surface area contributed by atoms with Crippen molar-refractivity contribution in [3.63, 3.8) is 0 Å². The van der Waals surface area contributed by atoms with Gasteiger partial charge in [0.2, 0.25) is 0 Å². The fraction of sp³-hybridized carbons (Fsp3) is 0.500. The summed E-state index contributed by atoms with van der Waals surface area (Å²) in [6.07, 6.45) is 3.44. The van der Waals surface area contributed by atoms with Gasteiger partial charge in [0, 0.05) is 10.6 Å². The van der Waals surface area contributed by atoms with Gasteiger partial charge in [-0.25, -0.2) is 4.21 Å². The Bertz CT molecular complexity index is 1170. The minimum atomic E-state index is -4.21. The maximum Gasteiger partial charge on any atom is 0.290 e. The van der Waals surface area contributed by atoms with Crippen LogP contribution in [0.2, 0.25) is 0 Å². The summed E-state index contributed by atoms with van der Waals surface area (Å²) in [5, 5.41) is 0. The molecular formula is C28H41NO3S2. The van der Waals surface area contributed by atoms with Crippen molar-refractivity contribution >= 4 is 19.8 Å². The Morgan fingerprint density at radius 3 is 1.82 bits per heavy atom. The largest absolute Gasteiger partial charge is 0.290 e. The number of benzene rings is 2. The van der Waals surface area contributed by atoms with Crippen LogP contribution in [0.1, 0.15) is 95.8 Å². The second kappa shape index (κ2) is 11.7. The molecule has 0 unspecified atom stereocenters. The third-order valence-electron chi connectivity index (χ3n) is 6.10. The third kappa shape index (κ3) is 6.60. The average molecular weight is 504 g/mol. The first-order valence-corrected chi connectivity index (χ1v) is 15.3. The van der Waals surface area contributed by atoms with E-state index < -0.39 is 19.8 Å². The Morgan fingerprint density at radius 2 is 1.41 bits per heavy atom. The number of hydrogen-bond acceptors (Lipinski definition) is 3. The van der Waals surface area contributed by atoms with Crippen LogP contribution < -0.4 is 0 Å². The van der Waals surface area contributed by atoms with E-state index >= 15 is 0 Å². The van der Waals surface area contributed by atoms with Crippen LogP contribution in [0.15, 0.2) is 68.7 Å². The second-order valence-electron chi connectivity index (χ2n) is 9.95. The first kappa shape index (κ1) is 28.3. The Hall–Kier alpha value is -1.92. The SMILES string of the molecule is C=C[C@H](CCC)C[S@@](=O)(=NS(=O)(=O)c1c(C(C)C)cc(C(C)C)cc1C(C)C)c1ccccc1. The van der Waals surface area contributed by atoms with E-state index in [4.69, 9.17) is 0 Å². The molecule has 6 heteroatoms.